The molecule has 0 spiro atoms. The standard InChI is InChI=1S/C17H25ClFN/c1-17(2,3)14-5-4-9-20(10-8-14)16-7-6-15(19)11-13(16)12-18/h6-7,11,14H,4-5,8-10,12H2,1-3H3. The van der Waals surface area contributed by atoms with Crippen molar-refractivity contribution >= 4 is 17.3 Å². The molecule has 20 heavy (non-hydrogen) atoms. The average molecular weight is 298 g/mol. The van der Waals surface area contributed by atoms with E-state index in [4.69, 9.17) is 11.6 Å². The lowest BCUT2D eigenvalue weighted by atomic mass is 9.77. The Morgan fingerprint density at radius 2 is 2.00 bits per heavy atom. The minimum absolute atomic E-state index is 0.202. The Morgan fingerprint density at radius 1 is 1.25 bits per heavy atom. The molecule has 112 valence electrons. The van der Waals surface area contributed by atoms with Crippen molar-refractivity contribution in [3.63, 3.8) is 0 Å². The van der Waals surface area contributed by atoms with Crippen molar-refractivity contribution < 1.29 is 4.39 Å². The molecule has 2 rings (SSSR count). The van der Waals surface area contributed by atoms with E-state index in [2.05, 4.69) is 25.7 Å². The van der Waals surface area contributed by atoms with Gasteiger partial charge < -0.3 is 4.90 Å². The quantitative estimate of drug-likeness (QED) is 0.677. The van der Waals surface area contributed by atoms with Crippen molar-refractivity contribution in [2.45, 2.75) is 45.9 Å². The van der Waals surface area contributed by atoms with E-state index in [1.165, 1.54) is 25.3 Å². The van der Waals surface area contributed by atoms with Crippen molar-refractivity contribution in [2.75, 3.05) is 18.0 Å². The summed E-state index contributed by atoms with van der Waals surface area (Å²) in [5.74, 6) is 0.922. The third-order valence-electron chi connectivity index (χ3n) is 4.48. The number of rotatable bonds is 2. The first-order valence-corrected chi connectivity index (χ1v) is 8.04. The van der Waals surface area contributed by atoms with Gasteiger partial charge in [0, 0.05) is 24.7 Å². The zero-order valence-corrected chi connectivity index (χ0v) is 13.5. The highest BCUT2D eigenvalue weighted by atomic mass is 35.5. The van der Waals surface area contributed by atoms with Crippen LogP contribution in [0.5, 0.6) is 0 Å². The maximum atomic E-state index is 13.3. The molecule has 1 aliphatic rings. The van der Waals surface area contributed by atoms with Crippen LogP contribution >= 0.6 is 11.6 Å². The zero-order valence-electron chi connectivity index (χ0n) is 12.8. The topological polar surface area (TPSA) is 3.24 Å². The highest BCUT2D eigenvalue weighted by molar-refractivity contribution is 6.17. The summed E-state index contributed by atoms with van der Waals surface area (Å²) < 4.78 is 13.3. The Labute approximate surface area is 127 Å². The van der Waals surface area contributed by atoms with E-state index < -0.39 is 0 Å². The van der Waals surface area contributed by atoms with Crippen LogP contribution in [0, 0.1) is 17.2 Å². The molecule has 0 aliphatic carbocycles. The number of hydrogen-bond donors (Lipinski definition) is 0. The van der Waals surface area contributed by atoms with Crippen LogP contribution in [0.3, 0.4) is 0 Å². The first-order chi connectivity index (χ1) is 9.41. The van der Waals surface area contributed by atoms with E-state index in [0.717, 1.165) is 30.3 Å². The SMILES string of the molecule is CC(C)(C)C1CCCN(c2ccc(F)cc2CCl)CC1. The molecular formula is C17H25ClFN. The van der Waals surface area contributed by atoms with Gasteiger partial charge in [-0.25, -0.2) is 4.39 Å². The summed E-state index contributed by atoms with van der Waals surface area (Å²) in [5.41, 5.74) is 2.38. The number of nitrogens with zero attached hydrogens (tertiary/aromatic N) is 1. The molecule has 1 aliphatic heterocycles. The Morgan fingerprint density at radius 3 is 2.65 bits per heavy atom. The van der Waals surface area contributed by atoms with Crippen molar-refractivity contribution in [3.05, 3.63) is 29.6 Å². The van der Waals surface area contributed by atoms with Crippen LogP contribution < -0.4 is 4.90 Å². The summed E-state index contributed by atoms with van der Waals surface area (Å²) in [6.07, 6.45) is 3.67. The largest absolute Gasteiger partial charge is 0.371 e. The number of anilines is 1. The van der Waals surface area contributed by atoms with E-state index in [9.17, 15) is 4.39 Å². The van der Waals surface area contributed by atoms with Crippen LogP contribution in [-0.4, -0.2) is 13.1 Å². The molecule has 0 radical (unpaired) electrons. The summed E-state index contributed by atoms with van der Waals surface area (Å²) in [5, 5.41) is 0. The summed E-state index contributed by atoms with van der Waals surface area (Å²) >= 11 is 5.97. The van der Waals surface area contributed by atoms with Gasteiger partial charge in [-0.3, -0.25) is 0 Å². The second-order valence-corrected chi connectivity index (χ2v) is 7.15. The van der Waals surface area contributed by atoms with Crippen molar-refractivity contribution in [1.29, 1.82) is 0 Å². The monoisotopic (exact) mass is 297 g/mol. The van der Waals surface area contributed by atoms with Gasteiger partial charge in [0.15, 0.2) is 0 Å². The van der Waals surface area contributed by atoms with Crippen LogP contribution in [0.1, 0.15) is 45.6 Å². The highest BCUT2D eigenvalue weighted by Gasteiger charge is 2.27. The molecule has 1 saturated heterocycles. The molecule has 3 heteroatoms. The van der Waals surface area contributed by atoms with Crippen molar-refractivity contribution in [1.82, 2.24) is 0 Å². The molecule has 1 unspecified atom stereocenters. The predicted molar refractivity (Wildman–Crippen MR) is 85.0 cm³/mol. The third-order valence-corrected chi connectivity index (χ3v) is 4.77. The summed E-state index contributed by atoms with van der Waals surface area (Å²) in [7, 11) is 0. The van der Waals surface area contributed by atoms with Crippen molar-refractivity contribution in [2.24, 2.45) is 11.3 Å². The first kappa shape index (κ1) is 15.6. The molecule has 0 saturated carbocycles. The minimum Gasteiger partial charge on any atom is -0.371 e. The number of alkyl halides is 1. The summed E-state index contributed by atoms with van der Waals surface area (Å²) in [4.78, 5) is 2.38. The Bertz CT molecular complexity index is 453. The van der Waals surface area contributed by atoms with Gasteiger partial charge in [0.2, 0.25) is 0 Å². The Hall–Kier alpha value is -0.760. The van der Waals surface area contributed by atoms with E-state index in [1.54, 1.807) is 6.07 Å². The molecule has 1 heterocycles. The van der Waals surface area contributed by atoms with Crippen LogP contribution in [0.2, 0.25) is 0 Å². The molecular weight excluding hydrogens is 273 g/mol. The van der Waals surface area contributed by atoms with Gasteiger partial charge >= 0.3 is 0 Å². The van der Waals surface area contributed by atoms with Gasteiger partial charge in [0.25, 0.3) is 0 Å². The molecule has 0 N–H and O–H groups in total. The molecule has 0 amide bonds. The number of benzene rings is 1. The molecule has 0 bridgehead atoms. The maximum absolute atomic E-state index is 13.3. The van der Waals surface area contributed by atoms with E-state index in [1.807, 2.05) is 6.07 Å². The lowest BCUT2D eigenvalue weighted by Gasteiger charge is -2.30. The van der Waals surface area contributed by atoms with Crippen LogP contribution in [0.25, 0.3) is 0 Å². The molecule has 1 fully saturated rings. The van der Waals surface area contributed by atoms with Crippen LogP contribution in [0.4, 0.5) is 10.1 Å². The first-order valence-electron chi connectivity index (χ1n) is 7.51. The van der Waals surface area contributed by atoms with E-state index in [0.29, 0.717) is 11.3 Å². The van der Waals surface area contributed by atoms with Crippen LogP contribution in [-0.2, 0) is 5.88 Å². The molecule has 1 atom stereocenters. The van der Waals surface area contributed by atoms with Gasteiger partial charge in [-0.2, -0.15) is 0 Å². The van der Waals surface area contributed by atoms with Gasteiger partial charge in [-0.05, 0) is 54.4 Å². The second-order valence-electron chi connectivity index (χ2n) is 6.89. The molecule has 0 aromatic heterocycles. The predicted octanol–water partition coefficient (Wildman–Crippen LogP) is 5.22. The maximum Gasteiger partial charge on any atom is 0.123 e. The highest BCUT2D eigenvalue weighted by Crippen LogP contribution is 2.36. The number of halogens is 2. The third kappa shape index (κ3) is 3.66. The zero-order chi connectivity index (χ0) is 14.8. The van der Waals surface area contributed by atoms with Crippen LogP contribution in [0.15, 0.2) is 18.2 Å². The van der Waals surface area contributed by atoms with Crippen molar-refractivity contribution in [3.8, 4) is 0 Å². The molecule has 1 nitrogen and oxygen atoms in total. The normalized spacial score (nSPS) is 20.9. The van der Waals surface area contributed by atoms with E-state index in [-0.39, 0.29) is 5.82 Å². The second kappa shape index (κ2) is 6.34. The molecule has 1 aromatic rings. The fourth-order valence-corrected chi connectivity index (χ4v) is 3.39. The average Bonchev–Trinajstić information content (AvgIpc) is 2.63. The fraction of sp³-hybridized carbons (Fsp3) is 0.647. The van der Waals surface area contributed by atoms with Gasteiger partial charge in [0.05, 0.1) is 0 Å². The smallest absolute Gasteiger partial charge is 0.123 e. The lowest BCUT2D eigenvalue weighted by Crippen LogP contribution is -2.26. The summed E-state index contributed by atoms with van der Waals surface area (Å²) in [6, 6.07) is 4.98. The van der Waals surface area contributed by atoms with Gasteiger partial charge in [-0.15, -0.1) is 11.6 Å². The minimum atomic E-state index is -0.202. The fourth-order valence-electron chi connectivity index (χ4n) is 3.17. The Balaban J connectivity index is 2.15. The lowest BCUT2D eigenvalue weighted by molar-refractivity contribution is 0.220. The van der Waals surface area contributed by atoms with E-state index >= 15 is 0 Å². The molecule has 1 aromatic carbocycles. The summed E-state index contributed by atoms with van der Waals surface area (Å²) in [6.45, 7) is 9.07. The van der Waals surface area contributed by atoms with Gasteiger partial charge in [-0.1, -0.05) is 20.8 Å². The van der Waals surface area contributed by atoms with Gasteiger partial charge in [0.1, 0.15) is 5.82 Å². The number of hydrogen-bond acceptors (Lipinski definition) is 1. The Kier molecular flexibility index (Phi) is 4.95.